The average molecular weight is 444 g/mol. The number of hydrogen-bond acceptors (Lipinski definition) is 11. The lowest BCUT2D eigenvalue weighted by Gasteiger charge is -2.16. The fraction of sp³-hybridized carbons (Fsp3) is 0.0500. The third-order valence-electron chi connectivity index (χ3n) is 4.89. The summed E-state index contributed by atoms with van der Waals surface area (Å²) in [6.07, 6.45) is 0. The largest absolute Gasteiger partial charge is 0.507 e. The number of benzene rings is 2. The summed E-state index contributed by atoms with van der Waals surface area (Å²) in [6, 6.07) is 3.92. The van der Waals surface area contributed by atoms with E-state index in [1.807, 2.05) is 0 Å². The van der Waals surface area contributed by atoms with Gasteiger partial charge in [0.25, 0.3) is 0 Å². The van der Waals surface area contributed by atoms with Crippen LogP contribution in [0.15, 0.2) is 42.7 Å². The van der Waals surface area contributed by atoms with Crippen LogP contribution in [0.5, 0.6) is 34.5 Å². The second-order valence-electron chi connectivity index (χ2n) is 6.69. The van der Waals surface area contributed by atoms with Crippen LogP contribution < -0.4 is 11.3 Å². The fourth-order valence-corrected chi connectivity index (χ4v) is 3.38. The number of hydrogen-bond donors (Lipinski definition) is 7. The van der Waals surface area contributed by atoms with Crippen molar-refractivity contribution < 1.29 is 49.4 Å². The minimum absolute atomic E-state index is 0.367. The zero-order valence-electron chi connectivity index (χ0n) is 15.6. The standard InChI is InChI=1S/C20H12O12/c21-7-3-1-5-12(23)10(19(29)31-16(5)14(7)25)9(18(27)28)11-13(24)6-2-4-8(22)15(26)17(6)32-20(11)30/h1-4,9,21-26H,(H,27,28). The van der Waals surface area contributed by atoms with E-state index >= 15 is 0 Å². The van der Waals surface area contributed by atoms with Crippen LogP contribution in [0.25, 0.3) is 21.9 Å². The van der Waals surface area contributed by atoms with Crippen LogP contribution in [0, 0.1) is 0 Å². The Balaban J connectivity index is 2.10. The number of carboxylic acid groups (broad SMARTS) is 1. The van der Waals surface area contributed by atoms with Crippen molar-refractivity contribution in [1.29, 1.82) is 0 Å². The van der Waals surface area contributed by atoms with Crippen LogP contribution in [0.1, 0.15) is 17.0 Å². The molecule has 0 bridgehead atoms. The van der Waals surface area contributed by atoms with Crippen LogP contribution >= 0.6 is 0 Å². The lowest BCUT2D eigenvalue weighted by Crippen LogP contribution is -2.26. The first-order valence-electron chi connectivity index (χ1n) is 8.68. The van der Waals surface area contributed by atoms with E-state index in [2.05, 4.69) is 0 Å². The number of rotatable bonds is 3. The molecule has 0 aliphatic carbocycles. The molecule has 7 N–H and O–H groups in total. The van der Waals surface area contributed by atoms with E-state index in [-0.39, 0.29) is 10.8 Å². The highest BCUT2D eigenvalue weighted by Crippen LogP contribution is 2.43. The molecule has 12 heteroatoms. The van der Waals surface area contributed by atoms with Gasteiger partial charge < -0.3 is 44.6 Å². The predicted octanol–water partition coefficient (Wildman–Crippen LogP) is 1.35. The maximum absolute atomic E-state index is 12.6. The molecule has 0 saturated carbocycles. The number of carbonyl (C=O) groups is 1. The van der Waals surface area contributed by atoms with Gasteiger partial charge in [-0.05, 0) is 24.3 Å². The Bertz CT molecular complexity index is 1450. The second kappa shape index (κ2) is 6.84. The molecule has 2 aromatic heterocycles. The van der Waals surface area contributed by atoms with E-state index < -0.39 is 79.9 Å². The molecule has 0 unspecified atom stereocenters. The molecule has 164 valence electrons. The summed E-state index contributed by atoms with van der Waals surface area (Å²) in [5, 5.41) is 69.0. The van der Waals surface area contributed by atoms with Crippen molar-refractivity contribution in [1.82, 2.24) is 0 Å². The Kier molecular flexibility index (Phi) is 4.36. The Morgan fingerprint density at radius 2 is 1.03 bits per heavy atom. The molecular weight excluding hydrogens is 432 g/mol. The fourth-order valence-electron chi connectivity index (χ4n) is 3.38. The van der Waals surface area contributed by atoms with Gasteiger partial charge in [0.05, 0.1) is 21.9 Å². The monoisotopic (exact) mass is 444 g/mol. The molecule has 0 fully saturated rings. The molecule has 4 rings (SSSR count). The van der Waals surface area contributed by atoms with Gasteiger partial charge in [-0.25, -0.2) is 9.59 Å². The molecule has 0 radical (unpaired) electrons. The van der Waals surface area contributed by atoms with E-state index in [0.717, 1.165) is 24.3 Å². The minimum atomic E-state index is -2.30. The van der Waals surface area contributed by atoms with E-state index in [1.165, 1.54) is 0 Å². The van der Waals surface area contributed by atoms with E-state index in [9.17, 15) is 50.1 Å². The van der Waals surface area contributed by atoms with Crippen LogP contribution in [-0.4, -0.2) is 41.7 Å². The van der Waals surface area contributed by atoms with Gasteiger partial charge in [-0.1, -0.05) is 0 Å². The zero-order chi connectivity index (χ0) is 23.5. The van der Waals surface area contributed by atoms with Gasteiger partial charge in [-0.15, -0.1) is 0 Å². The first-order chi connectivity index (χ1) is 15.0. The Morgan fingerprint density at radius 3 is 1.38 bits per heavy atom. The van der Waals surface area contributed by atoms with Crippen molar-refractivity contribution >= 4 is 27.9 Å². The number of fused-ring (bicyclic) bond motifs is 2. The van der Waals surface area contributed by atoms with Gasteiger partial charge in [-0.2, -0.15) is 0 Å². The van der Waals surface area contributed by atoms with Crippen molar-refractivity contribution in [3.8, 4) is 34.5 Å². The minimum Gasteiger partial charge on any atom is -0.507 e. The molecule has 0 saturated heterocycles. The summed E-state index contributed by atoms with van der Waals surface area (Å²) >= 11 is 0. The number of phenolic OH excluding ortho intramolecular Hbond substituents is 4. The molecule has 0 aliphatic rings. The van der Waals surface area contributed by atoms with Crippen LogP contribution in [0.3, 0.4) is 0 Å². The third-order valence-corrected chi connectivity index (χ3v) is 4.89. The molecule has 0 aliphatic heterocycles. The molecule has 0 spiro atoms. The van der Waals surface area contributed by atoms with Crippen LogP contribution in [-0.2, 0) is 4.79 Å². The topological polar surface area (TPSA) is 219 Å². The van der Waals surface area contributed by atoms with Crippen molar-refractivity contribution in [2.75, 3.05) is 0 Å². The Morgan fingerprint density at radius 1 is 0.656 bits per heavy atom. The van der Waals surface area contributed by atoms with E-state index in [1.54, 1.807) is 0 Å². The summed E-state index contributed by atoms with van der Waals surface area (Å²) in [4.78, 5) is 37.2. The molecule has 2 heterocycles. The highest BCUT2D eigenvalue weighted by Gasteiger charge is 2.37. The lowest BCUT2D eigenvalue weighted by atomic mass is 9.90. The normalized spacial score (nSPS) is 11.4. The Hall–Kier alpha value is -4.87. The average Bonchev–Trinajstić information content (AvgIpc) is 2.72. The smallest absolute Gasteiger partial charge is 0.344 e. The van der Waals surface area contributed by atoms with Crippen molar-refractivity contribution in [3.63, 3.8) is 0 Å². The SMILES string of the molecule is O=C(O)C(c1c(O)c2ccc(O)c(O)c2oc1=O)c1c(O)c2ccc(O)c(O)c2oc1=O. The first kappa shape index (κ1) is 20.4. The summed E-state index contributed by atoms with van der Waals surface area (Å²) in [6.45, 7) is 0. The second-order valence-corrected chi connectivity index (χ2v) is 6.69. The Labute approximate surface area is 174 Å². The third kappa shape index (κ3) is 2.74. The molecule has 32 heavy (non-hydrogen) atoms. The summed E-state index contributed by atoms with van der Waals surface area (Å²) in [5.41, 5.74) is -6.21. The molecular formula is C20H12O12. The molecule has 4 aromatic rings. The highest BCUT2D eigenvalue weighted by molar-refractivity contribution is 5.95. The molecule has 0 amide bonds. The van der Waals surface area contributed by atoms with Crippen molar-refractivity contribution in [2.24, 2.45) is 0 Å². The van der Waals surface area contributed by atoms with Gasteiger partial charge in [0.2, 0.25) is 11.5 Å². The number of carboxylic acids is 1. The number of aliphatic carboxylic acids is 1. The van der Waals surface area contributed by atoms with Crippen molar-refractivity contribution in [2.45, 2.75) is 5.92 Å². The van der Waals surface area contributed by atoms with Crippen LogP contribution in [0.2, 0.25) is 0 Å². The quantitative estimate of drug-likeness (QED) is 0.176. The zero-order valence-corrected chi connectivity index (χ0v) is 15.6. The van der Waals surface area contributed by atoms with E-state index in [4.69, 9.17) is 8.83 Å². The summed E-state index contributed by atoms with van der Waals surface area (Å²) in [5.74, 6) is -9.30. The van der Waals surface area contributed by atoms with Gasteiger partial charge in [-0.3, -0.25) is 4.79 Å². The molecule has 12 nitrogen and oxygen atoms in total. The predicted molar refractivity (Wildman–Crippen MR) is 104 cm³/mol. The number of aromatic hydroxyl groups is 6. The van der Waals surface area contributed by atoms with E-state index in [0.29, 0.717) is 0 Å². The molecule has 0 atom stereocenters. The van der Waals surface area contributed by atoms with Gasteiger partial charge >= 0.3 is 17.2 Å². The molecule has 2 aromatic carbocycles. The highest BCUT2D eigenvalue weighted by atomic mass is 16.4. The summed E-state index contributed by atoms with van der Waals surface area (Å²) < 4.78 is 9.73. The maximum atomic E-state index is 12.6. The first-order valence-corrected chi connectivity index (χ1v) is 8.68. The lowest BCUT2D eigenvalue weighted by molar-refractivity contribution is -0.137. The maximum Gasteiger partial charge on any atom is 0.344 e. The van der Waals surface area contributed by atoms with Gasteiger partial charge in [0, 0.05) is 0 Å². The van der Waals surface area contributed by atoms with Gasteiger partial charge in [0.1, 0.15) is 17.4 Å². The summed E-state index contributed by atoms with van der Waals surface area (Å²) in [7, 11) is 0. The van der Waals surface area contributed by atoms with Gasteiger partial charge in [0.15, 0.2) is 22.7 Å². The number of phenols is 4. The van der Waals surface area contributed by atoms with Crippen LogP contribution in [0.4, 0.5) is 0 Å². The van der Waals surface area contributed by atoms with Crippen molar-refractivity contribution in [3.05, 3.63) is 56.2 Å².